The molecule has 7 nitrogen and oxygen atoms in total. The number of hydrogen-bond donors (Lipinski definition) is 0. The minimum atomic E-state index is -0.407. The van der Waals surface area contributed by atoms with Crippen molar-refractivity contribution in [3.63, 3.8) is 0 Å². The van der Waals surface area contributed by atoms with Crippen molar-refractivity contribution in [2.45, 2.75) is 0 Å². The van der Waals surface area contributed by atoms with E-state index in [1.807, 2.05) is 24.3 Å². The van der Waals surface area contributed by atoms with E-state index in [1.54, 1.807) is 13.2 Å². The molecular formula is C18H14N2O5S. The van der Waals surface area contributed by atoms with Crippen LogP contribution < -0.4 is 14.2 Å². The van der Waals surface area contributed by atoms with E-state index in [0.717, 1.165) is 20.8 Å². The summed E-state index contributed by atoms with van der Waals surface area (Å²) in [6.45, 7) is 0.996. The second-order valence-electron chi connectivity index (χ2n) is 5.54. The topological polar surface area (TPSA) is 83.7 Å². The maximum absolute atomic E-state index is 10.9. The molecule has 0 fully saturated rings. The van der Waals surface area contributed by atoms with Crippen molar-refractivity contribution in [1.82, 2.24) is 4.98 Å². The molecule has 1 aliphatic heterocycles. The number of rotatable bonds is 4. The van der Waals surface area contributed by atoms with Crippen molar-refractivity contribution < 1.29 is 19.1 Å². The Morgan fingerprint density at radius 2 is 2.08 bits per heavy atom. The summed E-state index contributed by atoms with van der Waals surface area (Å²) in [6, 6.07) is 8.40. The Hall–Kier alpha value is -3.13. The molecular weight excluding hydrogens is 356 g/mol. The minimum absolute atomic E-state index is 0.0632. The van der Waals surface area contributed by atoms with Crippen molar-refractivity contribution in [3.8, 4) is 17.2 Å². The summed E-state index contributed by atoms with van der Waals surface area (Å²) in [4.78, 5) is 15.0. The summed E-state index contributed by atoms with van der Waals surface area (Å²) in [7, 11) is 1.58. The van der Waals surface area contributed by atoms with Gasteiger partial charge in [0.2, 0.25) is 5.75 Å². The average molecular weight is 370 g/mol. The Bertz CT molecular complexity index is 1010. The number of methoxy groups -OCH3 is 1. The molecule has 0 spiro atoms. The maximum Gasteiger partial charge on any atom is 0.270 e. The molecule has 0 aliphatic carbocycles. The van der Waals surface area contributed by atoms with Crippen LogP contribution in [0.15, 0.2) is 30.3 Å². The first-order valence-electron chi connectivity index (χ1n) is 7.85. The zero-order valence-electron chi connectivity index (χ0n) is 13.8. The van der Waals surface area contributed by atoms with Crippen LogP contribution in [0.3, 0.4) is 0 Å². The Morgan fingerprint density at radius 3 is 2.88 bits per heavy atom. The standard InChI is InChI=1S/C18H14N2O5S/c1-23-14-8-11(9-15-18(14)25-7-6-24-15)2-5-17-19-13-4-3-12(20(21)22)10-16(13)26-17/h2-5,8-10H,6-7H2,1H3/b5-2+. The van der Waals surface area contributed by atoms with E-state index in [9.17, 15) is 10.1 Å². The van der Waals surface area contributed by atoms with Gasteiger partial charge in [0.15, 0.2) is 11.5 Å². The SMILES string of the molecule is COc1cc(/C=C/c2nc3ccc([N+](=O)[O-])cc3s2)cc2c1OCCO2. The van der Waals surface area contributed by atoms with E-state index < -0.39 is 4.92 Å². The third-order valence-corrected chi connectivity index (χ3v) is 4.85. The second kappa shape index (κ2) is 6.64. The van der Waals surface area contributed by atoms with E-state index >= 15 is 0 Å². The molecule has 0 saturated carbocycles. The van der Waals surface area contributed by atoms with E-state index in [-0.39, 0.29) is 5.69 Å². The fourth-order valence-electron chi connectivity index (χ4n) is 2.67. The number of nitro benzene ring substituents is 1. The second-order valence-corrected chi connectivity index (χ2v) is 6.60. The number of fused-ring (bicyclic) bond motifs is 2. The number of nitro groups is 1. The molecule has 2 heterocycles. The van der Waals surface area contributed by atoms with Gasteiger partial charge < -0.3 is 14.2 Å². The van der Waals surface area contributed by atoms with Gasteiger partial charge in [-0.2, -0.15) is 0 Å². The molecule has 0 saturated heterocycles. The summed E-state index contributed by atoms with van der Waals surface area (Å²) in [6.07, 6.45) is 3.76. The summed E-state index contributed by atoms with van der Waals surface area (Å²) < 4.78 is 17.4. The number of hydrogen-bond acceptors (Lipinski definition) is 7. The first-order valence-corrected chi connectivity index (χ1v) is 8.66. The lowest BCUT2D eigenvalue weighted by atomic mass is 10.1. The molecule has 3 aromatic rings. The molecule has 0 bridgehead atoms. The Kier molecular flexibility index (Phi) is 4.18. The van der Waals surface area contributed by atoms with E-state index in [2.05, 4.69) is 4.98 Å². The summed E-state index contributed by atoms with van der Waals surface area (Å²) >= 11 is 1.40. The lowest BCUT2D eigenvalue weighted by Crippen LogP contribution is -2.16. The minimum Gasteiger partial charge on any atom is -0.493 e. The zero-order chi connectivity index (χ0) is 18.1. The third kappa shape index (κ3) is 3.06. The van der Waals surface area contributed by atoms with Gasteiger partial charge in [-0.15, -0.1) is 11.3 Å². The van der Waals surface area contributed by atoms with Crippen LogP contribution in [0.2, 0.25) is 0 Å². The van der Waals surface area contributed by atoms with E-state index in [1.165, 1.54) is 23.5 Å². The number of non-ortho nitro benzene ring substituents is 1. The lowest BCUT2D eigenvalue weighted by Gasteiger charge is -2.20. The third-order valence-electron chi connectivity index (χ3n) is 3.87. The Morgan fingerprint density at radius 1 is 1.23 bits per heavy atom. The number of nitrogens with zero attached hydrogens (tertiary/aromatic N) is 2. The quantitative estimate of drug-likeness (QED) is 0.507. The van der Waals surface area contributed by atoms with Crippen molar-refractivity contribution in [2.75, 3.05) is 20.3 Å². The number of thiazole rings is 1. The van der Waals surface area contributed by atoms with Gasteiger partial charge in [-0.1, -0.05) is 6.08 Å². The lowest BCUT2D eigenvalue weighted by molar-refractivity contribution is -0.384. The zero-order valence-corrected chi connectivity index (χ0v) is 14.6. The highest BCUT2D eigenvalue weighted by Gasteiger charge is 2.17. The first kappa shape index (κ1) is 16.3. The monoisotopic (exact) mass is 370 g/mol. The van der Waals surface area contributed by atoms with Gasteiger partial charge in [-0.3, -0.25) is 10.1 Å². The van der Waals surface area contributed by atoms with Gasteiger partial charge in [0.1, 0.15) is 18.2 Å². The van der Waals surface area contributed by atoms with Crippen molar-refractivity contribution in [1.29, 1.82) is 0 Å². The van der Waals surface area contributed by atoms with E-state index in [4.69, 9.17) is 14.2 Å². The van der Waals surface area contributed by atoms with Gasteiger partial charge >= 0.3 is 0 Å². The fourth-order valence-corrected chi connectivity index (χ4v) is 3.58. The van der Waals surface area contributed by atoms with E-state index in [0.29, 0.717) is 30.5 Å². The van der Waals surface area contributed by atoms with Crippen LogP contribution in [0, 0.1) is 10.1 Å². The molecule has 8 heteroatoms. The van der Waals surface area contributed by atoms with Crippen molar-refractivity contribution >= 4 is 39.4 Å². The molecule has 0 unspecified atom stereocenters. The molecule has 0 amide bonds. The molecule has 0 radical (unpaired) electrons. The van der Waals surface area contributed by atoms with Crippen LogP contribution in [0.25, 0.3) is 22.4 Å². The van der Waals surface area contributed by atoms with Crippen LogP contribution in [-0.4, -0.2) is 30.2 Å². The summed E-state index contributed by atoms with van der Waals surface area (Å²) in [5.74, 6) is 1.88. The fraction of sp³-hybridized carbons (Fsp3) is 0.167. The predicted octanol–water partition coefficient (Wildman–Crippen LogP) is 4.15. The Labute approximate surface area is 152 Å². The maximum atomic E-state index is 10.9. The number of aromatic nitrogens is 1. The van der Waals surface area contributed by atoms with Crippen LogP contribution in [0.1, 0.15) is 10.6 Å². The van der Waals surface area contributed by atoms with Crippen LogP contribution in [-0.2, 0) is 0 Å². The molecule has 26 heavy (non-hydrogen) atoms. The summed E-state index contributed by atoms with van der Waals surface area (Å²) in [5, 5.41) is 11.6. The van der Waals surface area contributed by atoms with Crippen LogP contribution in [0.4, 0.5) is 5.69 Å². The highest BCUT2D eigenvalue weighted by atomic mass is 32.1. The van der Waals surface area contributed by atoms with Crippen LogP contribution >= 0.6 is 11.3 Å². The highest BCUT2D eigenvalue weighted by Crippen LogP contribution is 2.40. The summed E-state index contributed by atoms with van der Waals surface area (Å²) in [5.41, 5.74) is 1.68. The van der Waals surface area contributed by atoms with Gasteiger partial charge in [-0.05, 0) is 29.8 Å². The Balaban J connectivity index is 1.65. The molecule has 0 atom stereocenters. The van der Waals surface area contributed by atoms with Crippen molar-refractivity contribution in [2.24, 2.45) is 0 Å². The van der Waals surface area contributed by atoms with Gasteiger partial charge in [0.25, 0.3) is 5.69 Å². The first-order chi connectivity index (χ1) is 12.6. The highest BCUT2D eigenvalue weighted by molar-refractivity contribution is 7.19. The smallest absolute Gasteiger partial charge is 0.270 e. The number of ether oxygens (including phenoxy) is 3. The van der Waals surface area contributed by atoms with Gasteiger partial charge in [0, 0.05) is 12.1 Å². The van der Waals surface area contributed by atoms with Crippen LogP contribution in [0.5, 0.6) is 17.2 Å². The van der Waals surface area contributed by atoms with Gasteiger partial charge in [0.05, 0.1) is 22.2 Å². The van der Waals surface area contributed by atoms with Gasteiger partial charge in [-0.25, -0.2) is 4.98 Å². The number of benzene rings is 2. The van der Waals surface area contributed by atoms with Crippen molar-refractivity contribution in [3.05, 3.63) is 51.0 Å². The molecule has 1 aromatic heterocycles. The largest absolute Gasteiger partial charge is 0.493 e. The predicted molar refractivity (Wildman–Crippen MR) is 99.2 cm³/mol. The average Bonchev–Trinajstić information content (AvgIpc) is 3.07. The molecule has 4 rings (SSSR count). The normalized spacial score (nSPS) is 13.3. The molecule has 132 valence electrons. The molecule has 1 aliphatic rings. The molecule has 2 aromatic carbocycles. The molecule has 0 N–H and O–H groups in total.